The fraction of sp³-hybridized carbons (Fsp3) is 0.300. The summed E-state index contributed by atoms with van der Waals surface area (Å²) in [6, 6.07) is 4.42. The van der Waals surface area contributed by atoms with E-state index in [9.17, 15) is 0 Å². The zero-order valence-electron chi connectivity index (χ0n) is 7.20. The Bertz CT molecular complexity index is 446. The van der Waals surface area contributed by atoms with Crippen molar-refractivity contribution in [2.24, 2.45) is 5.73 Å². The summed E-state index contributed by atoms with van der Waals surface area (Å²) in [5.41, 5.74) is 8.11. The van der Waals surface area contributed by atoms with E-state index >= 15 is 0 Å². The number of fused-ring (bicyclic) bond motifs is 1. The molecule has 0 aliphatic heterocycles. The number of rotatable bonds is 1. The summed E-state index contributed by atoms with van der Waals surface area (Å²) in [6.07, 6.45) is 4.95. The Balaban J connectivity index is 2.19. The predicted octanol–water partition coefficient (Wildman–Crippen LogP) is 1.38. The summed E-state index contributed by atoms with van der Waals surface area (Å²) in [6.45, 7) is 0. The first-order valence-electron chi connectivity index (χ1n) is 4.54. The first-order valence-corrected chi connectivity index (χ1v) is 4.54. The summed E-state index contributed by atoms with van der Waals surface area (Å²) in [5.74, 6) is 0.554. The third-order valence-electron chi connectivity index (χ3n) is 2.72. The predicted molar refractivity (Wildman–Crippen MR) is 51.4 cm³/mol. The molecule has 3 nitrogen and oxygen atoms in total. The van der Waals surface area contributed by atoms with Gasteiger partial charge in [0.1, 0.15) is 5.65 Å². The topological polar surface area (TPSA) is 54.7 Å². The average Bonchev–Trinajstić information content (AvgIpc) is 2.74. The summed E-state index contributed by atoms with van der Waals surface area (Å²) in [4.78, 5) is 7.40. The molecule has 1 aliphatic rings. The van der Waals surface area contributed by atoms with Crippen molar-refractivity contribution >= 4 is 11.0 Å². The molecule has 2 aromatic rings. The van der Waals surface area contributed by atoms with Crippen molar-refractivity contribution in [3.63, 3.8) is 0 Å². The minimum absolute atomic E-state index is 0.360. The maximum atomic E-state index is 5.81. The van der Waals surface area contributed by atoms with Crippen molar-refractivity contribution in [2.75, 3.05) is 0 Å². The smallest absolute Gasteiger partial charge is 0.137 e. The molecule has 2 aromatic heterocycles. The van der Waals surface area contributed by atoms with E-state index < -0.39 is 0 Å². The van der Waals surface area contributed by atoms with Crippen LogP contribution in [-0.2, 0) is 0 Å². The molecule has 3 heteroatoms. The highest BCUT2D eigenvalue weighted by atomic mass is 14.8. The zero-order chi connectivity index (χ0) is 8.84. The number of pyridine rings is 1. The van der Waals surface area contributed by atoms with Crippen LogP contribution >= 0.6 is 0 Å². The Morgan fingerprint density at radius 1 is 1.54 bits per heavy atom. The lowest BCUT2D eigenvalue weighted by Crippen LogP contribution is -2.00. The lowest BCUT2D eigenvalue weighted by molar-refractivity contribution is 0.997. The van der Waals surface area contributed by atoms with Crippen molar-refractivity contribution < 1.29 is 0 Å². The molecule has 0 amide bonds. The van der Waals surface area contributed by atoms with Crippen LogP contribution in [0.5, 0.6) is 0 Å². The van der Waals surface area contributed by atoms with Crippen LogP contribution in [0.4, 0.5) is 0 Å². The van der Waals surface area contributed by atoms with Gasteiger partial charge < -0.3 is 10.7 Å². The molecule has 66 valence electrons. The van der Waals surface area contributed by atoms with Crippen LogP contribution in [0.3, 0.4) is 0 Å². The molecule has 0 bridgehead atoms. The second-order valence-electron chi connectivity index (χ2n) is 3.65. The number of aromatic amines is 1. The molecule has 2 heterocycles. The maximum Gasteiger partial charge on any atom is 0.137 e. The molecule has 2 atom stereocenters. The zero-order valence-corrected chi connectivity index (χ0v) is 7.20. The van der Waals surface area contributed by atoms with Gasteiger partial charge in [-0.25, -0.2) is 4.98 Å². The molecular formula is C10H11N3. The van der Waals surface area contributed by atoms with Gasteiger partial charge >= 0.3 is 0 Å². The van der Waals surface area contributed by atoms with E-state index in [-0.39, 0.29) is 0 Å². The Morgan fingerprint density at radius 2 is 2.38 bits per heavy atom. The average molecular weight is 173 g/mol. The summed E-state index contributed by atoms with van der Waals surface area (Å²) < 4.78 is 0. The van der Waals surface area contributed by atoms with Gasteiger partial charge in [-0.05, 0) is 24.1 Å². The third kappa shape index (κ3) is 0.971. The molecule has 1 fully saturated rings. The SMILES string of the molecule is NC1CC1c1c[nH]c2ncccc12. The van der Waals surface area contributed by atoms with Crippen LogP contribution in [0, 0.1) is 0 Å². The Morgan fingerprint density at radius 3 is 3.15 bits per heavy atom. The standard InChI is InChI=1S/C10H11N3/c11-9-4-7(9)8-5-13-10-6(8)2-1-3-12-10/h1-3,5,7,9H,4,11H2,(H,12,13). The van der Waals surface area contributed by atoms with Crippen molar-refractivity contribution in [1.82, 2.24) is 9.97 Å². The van der Waals surface area contributed by atoms with E-state index in [2.05, 4.69) is 16.0 Å². The van der Waals surface area contributed by atoms with Gasteiger partial charge in [-0.1, -0.05) is 0 Å². The van der Waals surface area contributed by atoms with E-state index in [1.807, 2.05) is 12.3 Å². The molecule has 2 unspecified atom stereocenters. The van der Waals surface area contributed by atoms with Crippen LogP contribution < -0.4 is 5.73 Å². The van der Waals surface area contributed by atoms with E-state index in [1.165, 1.54) is 10.9 Å². The van der Waals surface area contributed by atoms with Gasteiger partial charge in [0.25, 0.3) is 0 Å². The Labute approximate surface area is 76.0 Å². The van der Waals surface area contributed by atoms with Gasteiger partial charge in [-0.15, -0.1) is 0 Å². The Hall–Kier alpha value is -1.35. The fourth-order valence-corrected chi connectivity index (χ4v) is 1.86. The molecule has 0 aromatic carbocycles. The van der Waals surface area contributed by atoms with Crippen LogP contribution in [0.25, 0.3) is 11.0 Å². The molecular weight excluding hydrogens is 162 g/mol. The first kappa shape index (κ1) is 7.09. The monoisotopic (exact) mass is 173 g/mol. The second-order valence-corrected chi connectivity index (χ2v) is 3.65. The summed E-state index contributed by atoms with van der Waals surface area (Å²) in [5, 5.41) is 1.22. The lowest BCUT2D eigenvalue weighted by Gasteiger charge is -1.93. The van der Waals surface area contributed by atoms with Crippen LogP contribution in [0.2, 0.25) is 0 Å². The highest BCUT2D eigenvalue weighted by molar-refractivity contribution is 5.80. The molecule has 3 N–H and O–H groups in total. The van der Waals surface area contributed by atoms with Crippen LogP contribution in [0.1, 0.15) is 17.9 Å². The molecule has 1 saturated carbocycles. The molecule has 0 radical (unpaired) electrons. The summed E-state index contributed by atoms with van der Waals surface area (Å²) >= 11 is 0. The van der Waals surface area contributed by atoms with Crippen molar-refractivity contribution in [1.29, 1.82) is 0 Å². The Kier molecular flexibility index (Phi) is 1.27. The van der Waals surface area contributed by atoms with Crippen LogP contribution in [0.15, 0.2) is 24.5 Å². The molecule has 1 aliphatic carbocycles. The quantitative estimate of drug-likeness (QED) is 0.684. The van der Waals surface area contributed by atoms with E-state index in [1.54, 1.807) is 6.20 Å². The molecule has 3 rings (SSSR count). The van der Waals surface area contributed by atoms with Gasteiger partial charge in [0, 0.05) is 29.7 Å². The first-order chi connectivity index (χ1) is 6.36. The fourth-order valence-electron chi connectivity index (χ4n) is 1.86. The number of nitrogens with one attached hydrogen (secondary N) is 1. The van der Waals surface area contributed by atoms with E-state index in [0.717, 1.165) is 12.1 Å². The van der Waals surface area contributed by atoms with E-state index in [0.29, 0.717) is 12.0 Å². The summed E-state index contributed by atoms with van der Waals surface area (Å²) in [7, 11) is 0. The number of nitrogens with two attached hydrogens (primary N) is 1. The van der Waals surface area contributed by atoms with Gasteiger partial charge in [0.15, 0.2) is 0 Å². The lowest BCUT2D eigenvalue weighted by atomic mass is 10.1. The van der Waals surface area contributed by atoms with Gasteiger partial charge in [-0.2, -0.15) is 0 Å². The molecule has 0 saturated heterocycles. The normalized spacial score (nSPS) is 26.5. The van der Waals surface area contributed by atoms with Gasteiger partial charge in [0.2, 0.25) is 0 Å². The highest BCUT2D eigenvalue weighted by Crippen LogP contribution is 2.41. The number of hydrogen-bond donors (Lipinski definition) is 2. The maximum absolute atomic E-state index is 5.81. The number of aromatic nitrogens is 2. The minimum Gasteiger partial charge on any atom is -0.346 e. The highest BCUT2D eigenvalue weighted by Gasteiger charge is 2.36. The number of hydrogen-bond acceptors (Lipinski definition) is 2. The van der Waals surface area contributed by atoms with Crippen molar-refractivity contribution in [2.45, 2.75) is 18.4 Å². The second kappa shape index (κ2) is 2.33. The van der Waals surface area contributed by atoms with Crippen molar-refractivity contribution in [3.8, 4) is 0 Å². The number of nitrogens with zero attached hydrogens (tertiary/aromatic N) is 1. The van der Waals surface area contributed by atoms with Crippen molar-refractivity contribution in [3.05, 3.63) is 30.1 Å². The van der Waals surface area contributed by atoms with Gasteiger partial charge in [-0.3, -0.25) is 0 Å². The van der Waals surface area contributed by atoms with E-state index in [4.69, 9.17) is 5.73 Å². The van der Waals surface area contributed by atoms with Crippen LogP contribution in [-0.4, -0.2) is 16.0 Å². The van der Waals surface area contributed by atoms with Gasteiger partial charge in [0.05, 0.1) is 0 Å². The largest absolute Gasteiger partial charge is 0.346 e. The third-order valence-corrected chi connectivity index (χ3v) is 2.72. The number of H-pyrrole nitrogens is 1. The molecule has 0 spiro atoms. The minimum atomic E-state index is 0.360. The molecule has 13 heavy (non-hydrogen) atoms.